The van der Waals surface area contributed by atoms with E-state index in [4.69, 9.17) is 16.1 Å². The van der Waals surface area contributed by atoms with Crippen molar-refractivity contribution < 1.29 is 9.32 Å². The molecule has 0 atom stereocenters. The molecule has 0 aliphatic rings. The highest BCUT2D eigenvalue weighted by atomic mass is 35.5. The van der Waals surface area contributed by atoms with Crippen molar-refractivity contribution in [3.05, 3.63) is 65.0 Å². The molecule has 0 saturated carbocycles. The molecule has 0 bridgehead atoms. The van der Waals surface area contributed by atoms with Gasteiger partial charge >= 0.3 is 6.03 Å². The Labute approximate surface area is 150 Å². The second-order valence-corrected chi connectivity index (χ2v) is 5.96. The molecule has 0 fully saturated rings. The molecular formula is C18H17ClN4O2. The Kier molecular flexibility index (Phi) is 5.30. The van der Waals surface area contributed by atoms with Crippen LogP contribution in [0.4, 0.5) is 10.5 Å². The number of halogens is 1. The Balaban J connectivity index is 1.49. The molecule has 2 aromatic carbocycles. The third-order valence-electron chi connectivity index (χ3n) is 3.48. The summed E-state index contributed by atoms with van der Waals surface area (Å²) < 4.78 is 5.21. The molecule has 0 aliphatic carbocycles. The fraction of sp³-hybridized carbons (Fsp3) is 0.167. The predicted octanol–water partition coefficient (Wildman–Crippen LogP) is 4.06. The van der Waals surface area contributed by atoms with Crippen LogP contribution in [-0.4, -0.2) is 22.7 Å². The number of aromatic nitrogens is 2. The number of anilines is 1. The average Bonchev–Trinajstić information content (AvgIpc) is 3.04. The van der Waals surface area contributed by atoms with E-state index in [1.165, 1.54) is 5.56 Å². The first-order valence-electron chi connectivity index (χ1n) is 7.80. The van der Waals surface area contributed by atoms with Crippen LogP contribution in [0, 0.1) is 6.92 Å². The van der Waals surface area contributed by atoms with E-state index in [1.54, 1.807) is 24.3 Å². The van der Waals surface area contributed by atoms with E-state index >= 15 is 0 Å². The van der Waals surface area contributed by atoms with Gasteiger partial charge in [-0.3, -0.25) is 0 Å². The van der Waals surface area contributed by atoms with Gasteiger partial charge < -0.3 is 15.2 Å². The molecule has 0 saturated heterocycles. The van der Waals surface area contributed by atoms with E-state index in [2.05, 4.69) is 20.8 Å². The summed E-state index contributed by atoms with van der Waals surface area (Å²) >= 11 is 5.87. The fourth-order valence-electron chi connectivity index (χ4n) is 2.20. The molecule has 3 rings (SSSR count). The van der Waals surface area contributed by atoms with Crippen LogP contribution in [0.15, 0.2) is 53.1 Å². The van der Waals surface area contributed by atoms with Crippen LogP contribution in [0.1, 0.15) is 11.5 Å². The first kappa shape index (κ1) is 17.0. The highest BCUT2D eigenvalue weighted by molar-refractivity contribution is 6.30. The van der Waals surface area contributed by atoms with Crippen molar-refractivity contribution >= 4 is 23.3 Å². The molecule has 0 spiro atoms. The fourth-order valence-corrected chi connectivity index (χ4v) is 2.39. The molecule has 0 unspecified atom stereocenters. The van der Waals surface area contributed by atoms with Gasteiger partial charge in [-0.05, 0) is 25.1 Å². The lowest BCUT2D eigenvalue weighted by Crippen LogP contribution is -2.30. The summed E-state index contributed by atoms with van der Waals surface area (Å²) in [5, 5.41) is 9.96. The third kappa shape index (κ3) is 4.81. The van der Waals surface area contributed by atoms with Crippen LogP contribution in [0.2, 0.25) is 5.02 Å². The maximum Gasteiger partial charge on any atom is 0.319 e. The second kappa shape index (κ2) is 7.81. The van der Waals surface area contributed by atoms with E-state index in [0.717, 1.165) is 5.56 Å². The lowest BCUT2D eigenvalue weighted by atomic mass is 10.1. The summed E-state index contributed by atoms with van der Waals surface area (Å²) in [5.74, 6) is 1.01. The smallest absolute Gasteiger partial charge is 0.319 e. The number of urea groups is 1. The summed E-state index contributed by atoms with van der Waals surface area (Å²) in [6.07, 6.45) is 0.446. The Morgan fingerprint density at radius 3 is 2.76 bits per heavy atom. The quantitative estimate of drug-likeness (QED) is 0.722. The molecular weight excluding hydrogens is 340 g/mol. The Bertz CT molecular complexity index is 862. The van der Waals surface area contributed by atoms with Gasteiger partial charge in [-0.15, -0.1) is 0 Å². The zero-order valence-corrected chi connectivity index (χ0v) is 14.4. The molecule has 1 heterocycles. The summed E-state index contributed by atoms with van der Waals surface area (Å²) in [4.78, 5) is 16.2. The molecule has 1 aromatic heterocycles. The van der Waals surface area contributed by atoms with Crippen molar-refractivity contribution in [2.75, 3.05) is 11.9 Å². The van der Waals surface area contributed by atoms with Gasteiger partial charge in [0.25, 0.3) is 0 Å². The lowest BCUT2D eigenvalue weighted by molar-refractivity contribution is 0.252. The van der Waals surface area contributed by atoms with Crippen LogP contribution < -0.4 is 10.6 Å². The van der Waals surface area contributed by atoms with Crippen LogP contribution in [-0.2, 0) is 6.42 Å². The number of amides is 2. The zero-order chi connectivity index (χ0) is 17.6. The van der Waals surface area contributed by atoms with Crippen molar-refractivity contribution in [3.8, 4) is 11.4 Å². The topological polar surface area (TPSA) is 80.0 Å². The first-order valence-corrected chi connectivity index (χ1v) is 8.18. The van der Waals surface area contributed by atoms with E-state index in [1.807, 2.05) is 31.2 Å². The van der Waals surface area contributed by atoms with Crippen molar-refractivity contribution in [1.82, 2.24) is 15.5 Å². The van der Waals surface area contributed by atoms with Gasteiger partial charge in [-0.1, -0.05) is 52.7 Å². The maximum absolute atomic E-state index is 11.8. The van der Waals surface area contributed by atoms with Gasteiger partial charge in [-0.2, -0.15) is 4.98 Å². The number of aryl methyl sites for hydroxylation is 1. The monoisotopic (exact) mass is 356 g/mol. The van der Waals surface area contributed by atoms with Crippen molar-refractivity contribution in [2.45, 2.75) is 13.3 Å². The van der Waals surface area contributed by atoms with Crippen molar-refractivity contribution in [3.63, 3.8) is 0 Å². The minimum atomic E-state index is -0.319. The van der Waals surface area contributed by atoms with Crippen LogP contribution in [0.3, 0.4) is 0 Å². The van der Waals surface area contributed by atoms with Gasteiger partial charge in [0, 0.05) is 29.2 Å². The van der Waals surface area contributed by atoms with Crippen molar-refractivity contribution in [2.24, 2.45) is 0 Å². The van der Waals surface area contributed by atoms with Gasteiger partial charge in [-0.25, -0.2) is 4.79 Å². The van der Waals surface area contributed by atoms with E-state index in [0.29, 0.717) is 35.4 Å². The molecule has 6 nitrogen and oxygen atoms in total. The van der Waals surface area contributed by atoms with Gasteiger partial charge in [0.2, 0.25) is 11.7 Å². The minimum absolute atomic E-state index is 0.319. The standard InChI is InChI=1S/C18H17ClN4O2/c1-12-5-7-13(8-6-12)17-22-16(25-23-17)9-10-20-18(24)21-15-4-2-3-14(19)11-15/h2-8,11H,9-10H2,1H3,(H2,20,21,24). The molecule has 2 amide bonds. The molecule has 3 aromatic rings. The first-order chi connectivity index (χ1) is 12.1. The normalized spacial score (nSPS) is 10.5. The summed E-state index contributed by atoms with van der Waals surface area (Å²) in [7, 11) is 0. The third-order valence-corrected chi connectivity index (χ3v) is 3.72. The SMILES string of the molecule is Cc1ccc(-c2noc(CCNC(=O)Nc3cccc(Cl)c3)n2)cc1. The molecule has 7 heteroatoms. The highest BCUT2D eigenvalue weighted by Gasteiger charge is 2.09. The van der Waals surface area contributed by atoms with E-state index < -0.39 is 0 Å². The van der Waals surface area contributed by atoms with Gasteiger partial charge in [0.1, 0.15) is 0 Å². The van der Waals surface area contributed by atoms with Crippen LogP contribution in [0.25, 0.3) is 11.4 Å². The summed E-state index contributed by atoms with van der Waals surface area (Å²) in [6, 6.07) is 14.5. The Morgan fingerprint density at radius 1 is 1.20 bits per heavy atom. The maximum atomic E-state index is 11.8. The lowest BCUT2D eigenvalue weighted by Gasteiger charge is -2.06. The number of carbonyl (C=O) groups is 1. The van der Waals surface area contributed by atoms with Crippen LogP contribution in [0.5, 0.6) is 0 Å². The molecule has 25 heavy (non-hydrogen) atoms. The number of nitrogens with one attached hydrogen (secondary N) is 2. The number of nitrogens with zero attached hydrogens (tertiary/aromatic N) is 2. The zero-order valence-electron chi connectivity index (χ0n) is 13.6. The predicted molar refractivity (Wildman–Crippen MR) is 96.6 cm³/mol. The van der Waals surface area contributed by atoms with E-state index in [9.17, 15) is 4.79 Å². The number of carbonyl (C=O) groups excluding carboxylic acids is 1. The number of hydrogen-bond acceptors (Lipinski definition) is 4. The minimum Gasteiger partial charge on any atom is -0.339 e. The highest BCUT2D eigenvalue weighted by Crippen LogP contribution is 2.16. The van der Waals surface area contributed by atoms with Crippen LogP contribution >= 0.6 is 11.6 Å². The largest absolute Gasteiger partial charge is 0.339 e. The average molecular weight is 357 g/mol. The molecule has 128 valence electrons. The molecule has 0 radical (unpaired) electrons. The summed E-state index contributed by atoms with van der Waals surface area (Å²) in [5.41, 5.74) is 2.69. The number of rotatable bonds is 5. The Morgan fingerprint density at radius 2 is 2.00 bits per heavy atom. The van der Waals surface area contributed by atoms with Gasteiger partial charge in [0.15, 0.2) is 0 Å². The second-order valence-electron chi connectivity index (χ2n) is 5.52. The van der Waals surface area contributed by atoms with E-state index in [-0.39, 0.29) is 6.03 Å². The Hall–Kier alpha value is -2.86. The number of hydrogen-bond donors (Lipinski definition) is 2. The molecule has 2 N–H and O–H groups in total. The molecule has 0 aliphatic heterocycles. The van der Waals surface area contributed by atoms with Gasteiger partial charge in [0.05, 0.1) is 0 Å². The van der Waals surface area contributed by atoms with Crippen molar-refractivity contribution in [1.29, 1.82) is 0 Å². The number of benzene rings is 2. The summed E-state index contributed by atoms with van der Waals surface area (Å²) in [6.45, 7) is 2.40.